The van der Waals surface area contributed by atoms with E-state index in [0.29, 0.717) is 6.04 Å². The number of aromatic nitrogens is 3. The first-order chi connectivity index (χ1) is 9.83. The van der Waals surface area contributed by atoms with E-state index >= 15 is 0 Å². The highest BCUT2D eigenvalue weighted by atomic mass is 14.9. The summed E-state index contributed by atoms with van der Waals surface area (Å²) in [6, 6.07) is 2.41. The van der Waals surface area contributed by atoms with Gasteiger partial charge in [0.15, 0.2) is 5.82 Å². The smallest absolute Gasteiger partial charge is 0.159 e. The van der Waals surface area contributed by atoms with Crippen molar-refractivity contribution < 1.29 is 0 Å². The molecule has 20 heavy (non-hydrogen) atoms. The highest BCUT2D eigenvalue weighted by Gasteiger charge is 2.21. The molecule has 0 aliphatic heterocycles. The van der Waals surface area contributed by atoms with Gasteiger partial charge in [0.2, 0.25) is 0 Å². The predicted molar refractivity (Wildman–Crippen MR) is 79.4 cm³/mol. The quantitative estimate of drug-likeness (QED) is 0.930. The topological polar surface area (TPSA) is 50.7 Å². The van der Waals surface area contributed by atoms with Crippen LogP contribution < -0.4 is 5.32 Å². The van der Waals surface area contributed by atoms with Crippen molar-refractivity contribution in [2.24, 2.45) is 0 Å². The first-order valence-electron chi connectivity index (χ1n) is 7.29. The Morgan fingerprint density at radius 2 is 2.25 bits per heavy atom. The van der Waals surface area contributed by atoms with Crippen LogP contribution in [-0.4, -0.2) is 22.0 Å². The molecule has 4 heteroatoms. The number of rotatable bonds is 3. The predicted octanol–water partition coefficient (Wildman–Crippen LogP) is 2.70. The lowest BCUT2D eigenvalue weighted by Gasteiger charge is -2.24. The molecule has 104 valence electrons. The van der Waals surface area contributed by atoms with Crippen molar-refractivity contribution in [3.05, 3.63) is 41.5 Å². The highest BCUT2D eigenvalue weighted by molar-refractivity contribution is 5.59. The van der Waals surface area contributed by atoms with E-state index in [2.05, 4.69) is 22.2 Å². The van der Waals surface area contributed by atoms with E-state index in [1.165, 1.54) is 29.7 Å². The van der Waals surface area contributed by atoms with E-state index in [-0.39, 0.29) is 0 Å². The molecule has 0 aromatic carbocycles. The largest absolute Gasteiger partial charge is 0.313 e. The summed E-state index contributed by atoms with van der Waals surface area (Å²) in [5.74, 6) is 0.833. The summed E-state index contributed by atoms with van der Waals surface area (Å²) in [5.41, 5.74) is 4.76. The van der Waals surface area contributed by atoms with E-state index in [0.717, 1.165) is 24.2 Å². The van der Waals surface area contributed by atoms with Crippen LogP contribution in [0.25, 0.3) is 11.4 Å². The van der Waals surface area contributed by atoms with Gasteiger partial charge in [-0.2, -0.15) is 0 Å². The number of pyridine rings is 1. The van der Waals surface area contributed by atoms with Gasteiger partial charge in [0.05, 0.1) is 0 Å². The number of fused-ring (bicyclic) bond motifs is 1. The Morgan fingerprint density at radius 1 is 1.35 bits per heavy atom. The van der Waals surface area contributed by atoms with Crippen LogP contribution in [0.2, 0.25) is 0 Å². The summed E-state index contributed by atoms with van der Waals surface area (Å²) in [6.45, 7) is 2.13. The average molecular weight is 268 g/mol. The maximum Gasteiger partial charge on any atom is 0.159 e. The summed E-state index contributed by atoms with van der Waals surface area (Å²) in [5, 5.41) is 3.35. The molecule has 0 bridgehead atoms. The number of nitrogens with zero attached hydrogens (tertiary/aromatic N) is 3. The normalized spacial score (nSPS) is 17.8. The second-order valence-electron chi connectivity index (χ2n) is 5.22. The van der Waals surface area contributed by atoms with Crippen LogP contribution in [0.15, 0.2) is 24.7 Å². The second-order valence-corrected chi connectivity index (χ2v) is 5.22. The van der Waals surface area contributed by atoms with Crippen molar-refractivity contribution in [1.82, 2.24) is 20.3 Å². The molecule has 0 saturated carbocycles. The molecule has 2 aromatic heterocycles. The summed E-state index contributed by atoms with van der Waals surface area (Å²) in [7, 11) is 2.01. The Hall–Kier alpha value is -1.81. The van der Waals surface area contributed by atoms with Gasteiger partial charge in [-0.25, -0.2) is 9.97 Å². The SMILES string of the molecule is CCc1cnccc1-c1ncc2c(n1)CCCC2NC. The van der Waals surface area contributed by atoms with Crippen LogP contribution in [0.4, 0.5) is 0 Å². The zero-order chi connectivity index (χ0) is 13.9. The summed E-state index contributed by atoms with van der Waals surface area (Å²) < 4.78 is 0. The van der Waals surface area contributed by atoms with E-state index < -0.39 is 0 Å². The van der Waals surface area contributed by atoms with Gasteiger partial charge in [0, 0.05) is 41.5 Å². The second kappa shape index (κ2) is 5.67. The fourth-order valence-electron chi connectivity index (χ4n) is 2.90. The van der Waals surface area contributed by atoms with Crippen LogP contribution >= 0.6 is 0 Å². The molecule has 1 atom stereocenters. The van der Waals surface area contributed by atoms with Crippen LogP contribution in [0.3, 0.4) is 0 Å². The number of hydrogen-bond donors (Lipinski definition) is 1. The van der Waals surface area contributed by atoms with Gasteiger partial charge in [-0.15, -0.1) is 0 Å². The van der Waals surface area contributed by atoms with E-state index in [9.17, 15) is 0 Å². The Labute approximate surface area is 119 Å². The third-order valence-electron chi connectivity index (χ3n) is 4.06. The highest BCUT2D eigenvalue weighted by Crippen LogP contribution is 2.29. The first-order valence-corrected chi connectivity index (χ1v) is 7.29. The van der Waals surface area contributed by atoms with Gasteiger partial charge in [-0.05, 0) is 44.4 Å². The standard InChI is InChI=1S/C16H20N4/c1-3-11-9-18-8-7-12(11)16-19-10-13-14(17-2)5-4-6-15(13)20-16/h7-10,14,17H,3-6H2,1-2H3. The van der Waals surface area contributed by atoms with Gasteiger partial charge < -0.3 is 5.32 Å². The maximum absolute atomic E-state index is 4.81. The Balaban J connectivity index is 2.04. The lowest BCUT2D eigenvalue weighted by Crippen LogP contribution is -2.23. The fraction of sp³-hybridized carbons (Fsp3) is 0.438. The zero-order valence-electron chi connectivity index (χ0n) is 12.1. The molecule has 3 rings (SSSR count). The molecular formula is C16H20N4. The molecule has 0 amide bonds. The maximum atomic E-state index is 4.81. The summed E-state index contributed by atoms with van der Waals surface area (Å²) in [4.78, 5) is 13.6. The molecular weight excluding hydrogens is 248 g/mol. The minimum Gasteiger partial charge on any atom is -0.313 e. The fourth-order valence-corrected chi connectivity index (χ4v) is 2.90. The third-order valence-corrected chi connectivity index (χ3v) is 4.06. The van der Waals surface area contributed by atoms with Gasteiger partial charge >= 0.3 is 0 Å². The summed E-state index contributed by atoms with van der Waals surface area (Å²) >= 11 is 0. The van der Waals surface area contributed by atoms with E-state index in [4.69, 9.17) is 4.98 Å². The Bertz CT molecular complexity index is 609. The molecule has 2 heterocycles. The van der Waals surface area contributed by atoms with Crippen molar-refractivity contribution in [1.29, 1.82) is 0 Å². The molecule has 1 N–H and O–H groups in total. The summed E-state index contributed by atoms with van der Waals surface area (Å²) in [6.07, 6.45) is 10.1. The van der Waals surface area contributed by atoms with Crippen molar-refractivity contribution in [3.63, 3.8) is 0 Å². The zero-order valence-corrected chi connectivity index (χ0v) is 12.1. The monoisotopic (exact) mass is 268 g/mol. The van der Waals surface area contributed by atoms with Crippen LogP contribution in [0.5, 0.6) is 0 Å². The van der Waals surface area contributed by atoms with Crippen molar-refractivity contribution in [2.75, 3.05) is 7.05 Å². The first kappa shape index (κ1) is 13.2. The minimum absolute atomic E-state index is 0.399. The molecule has 0 saturated heterocycles. The molecule has 2 aromatic rings. The molecule has 1 unspecified atom stereocenters. The molecule has 1 aliphatic rings. The number of nitrogens with one attached hydrogen (secondary N) is 1. The van der Waals surface area contributed by atoms with E-state index in [1.807, 2.05) is 31.7 Å². The van der Waals surface area contributed by atoms with Gasteiger partial charge in [-0.1, -0.05) is 6.92 Å². The van der Waals surface area contributed by atoms with Crippen LogP contribution in [-0.2, 0) is 12.8 Å². The molecule has 0 spiro atoms. The lowest BCUT2D eigenvalue weighted by molar-refractivity contribution is 0.488. The van der Waals surface area contributed by atoms with Crippen LogP contribution in [0.1, 0.15) is 42.6 Å². The van der Waals surface area contributed by atoms with Crippen molar-refractivity contribution in [2.45, 2.75) is 38.6 Å². The molecule has 0 radical (unpaired) electrons. The third kappa shape index (κ3) is 2.31. The Morgan fingerprint density at radius 3 is 3.05 bits per heavy atom. The lowest BCUT2D eigenvalue weighted by atomic mass is 9.92. The molecule has 0 fully saturated rings. The minimum atomic E-state index is 0.399. The average Bonchev–Trinajstić information content (AvgIpc) is 2.53. The molecule has 1 aliphatic carbocycles. The number of aryl methyl sites for hydroxylation is 2. The van der Waals surface area contributed by atoms with Gasteiger partial charge in [-0.3, -0.25) is 4.98 Å². The van der Waals surface area contributed by atoms with Gasteiger partial charge in [0.1, 0.15) is 0 Å². The van der Waals surface area contributed by atoms with Gasteiger partial charge in [0.25, 0.3) is 0 Å². The Kier molecular flexibility index (Phi) is 3.74. The van der Waals surface area contributed by atoms with Crippen molar-refractivity contribution >= 4 is 0 Å². The van der Waals surface area contributed by atoms with Crippen LogP contribution in [0, 0.1) is 0 Å². The van der Waals surface area contributed by atoms with E-state index in [1.54, 1.807) is 0 Å². The molecule has 4 nitrogen and oxygen atoms in total. The van der Waals surface area contributed by atoms with Crippen molar-refractivity contribution in [3.8, 4) is 11.4 Å². The number of hydrogen-bond acceptors (Lipinski definition) is 4.